The van der Waals surface area contributed by atoms with Crippen molar-refractivity contribution in [2.45, 2.75) is 44.6 Å². The van der Waals surface area contributed by atoms with Gasteiger partial charge in [-0.25, -0.2) is 9.97 Å². The summed E-state index contributed by atoms with van der Waals surface area (Å²) in [7, 11) is 0. The van der Waals surface area contributed by atoms with Gasteiger partial charge in [-0.1, -0.05) is 36.4 Å². The standard InChI is InChI=1S/C33H29F3N8S/c1-20-23(7-8-30-26(20)9-24(12-37)44(30)16-21-13-41-42-14-21)15-38-29-18-43(17-28(29)22-5-3-2-4-6-22)31-27-10-25(11-33(34,35)36)45-32(27)40-19-39-31/h2-10,13-14,19,28-29,38H,11,15-18H2,1H3,(H,41,42). The SMILES string of the molecule is Cc1c(CNC2CN(c3ncnc4sc(CC(F)(F)F)cc34)CC2c2ccccc2)ccc2c1cc(C#N)n2Cc1cn[nH]c1. The summed E-state index contributed by atoms with van der Waals surface area (Å²) in [5.41, 5.74) is 6.02. The number of hydrogen-bond donors (Lipinski definition) is 2. The maximum Gasteiger partial charge on any atom is 0.393 e. The van der Waals surface area contributed by atoms with E-state index in [1.807, 2.05) is 35.0 Å². The van der Waals surface area contributed by atoms with Crippen molar-refractivity contribution in [3.8, 4) is 6.07 Å². The molecule has 0 bridgehead atoms. The van der Waals surface area contributed by atoms with E-state index in [1.54, 1.807) is 12.3 Å². The van der Waals surface area contributed by atoms with Crippen molar-refractivity contribution in [2.75, 3.05) is 18.0 Å². The number of rotatable bonds is 8. The number of anilines is 1. The maximum absolute atomic E-state index is 13.1. The third-order valence-electron chi connectivity index (χ3n) is 8.61. The van der Waals surface area contributed by atoms with Crippen LogP contribution in [0.4, 0.5) is 19.0 Å². The highest BCUT2D eigenvalue weighted by Crippen LogP contribution is 2.37. The first-order valence-corrected chi connectivity index (χ1v) is 15.4. The summed E-state index contributed by atoms with van der Waals surface area (Å²) in [5, 5.41) is 22.2. The molecular weight excluding hydrogens is 597 g/mol. The van der Waals surface area contributed by atoms with Crippen LogP contribution in [0.5, 0.6) is 0 Å². The van der Waals surface area contributed by atoms with Crippen LogP contribution in [0.1, 0.15) is 38.7 Å². The van der Waals surface area contributed by atoms with Crippen LogP contribution in [0.25, 0.3) is 21.1 Å². The van der Waals surface area contributed by atoms with Gasteiger partial charge in [-0.2, -0.15) is 23.5 Å². The number of benzene rings is 2. The lowest BCUT2D eigenvalue weighted by Gasteiger charge is -2.21. The number of halogens is 3. The summed E-state index contributed by atoms with van der Waals surface area (Å²) in [5.74, 6) is 0.797. The van der Waals surface area contributed by atoms with Crippen LogP contribution in [0.3, 0.4) is 0 Å². The molecule has 0 spiro atoms. The van der Waals surface area contributed by atoms with E-state index in [9.17, 15) is 18.4 Å². The van der Waals surface area contributed by atoms with E-state index in [1.165, 1.54) is 11.9 Å². The van der Waals surface area contributed by atoms with Crippen LogP contribution in [0.15, 0.2) is 73.3 Å². The van der Waals surface area contributed by atoms with Crippen molar-refractivity contribution in [1.82, 2.24) is 30.0 Å². The highest BCUT2D eigenvalue weighted by Gasteiger charge is 2.36. The summed E-state index contributed by atoms with van der Waals surface area (Å²) in [6, 6.07) is 20.4. The van der Waals surface area contributed by atoms with Crippen molar-refractivity contribution in [3.05, 3.63) is 106 Å². The van der Waals surface area contributed by atoms with E-state index in [0.717, 1.165) is 38.9 Å². The number of aromatic nitrogens is 5. The third-order valence-corrected chi connectivity index (χ3v) is 9.66. The largest absolute Gasteiger partial charge is 0.393 e. The lowest BCUT2D eigenvalue weighted by atomic mass is 9.94. The molecule has 1 fully saturated rings. The Morgan fingerprint density at radius 2 is 1.93 bits per heavy atom. The topological polar surface area (TPSA) is 98.5 Å². The van der Waals surface area contributed by atoms with Gasteiger partial charge in [-0.3, -0.25) is 5.10 Å². The minimum Gasteiger partial charge on any atom is -0.354 e. The molecule has 4 aromatic heterocycles. The lowest BCUT2D eigenvalue weighted by Crippen LogP contribution is -2.35. The highest BCUT2D eigenvalue weighted by atomic mass is 32.1. The summed E-state index contributed by atoms with van der Waals surface area (Å²) in [6.45, 7) is 4.56. The number of hydrogen-bond acceptors (Lipinski definition) is 7. The number of aryl methyl sites for hydroxylation is 1. The first-order valence-electron chi connectivity index (χ1n) is 14.6. The normalized spacial score (nSPS) is 17.0. The zero-order chi connectivity index (χ0) is 31.1. The average Bonchev–Trinajstić information content (AvgIpc) is 3.82. The molecule has 2 atom stereocenters. The number of alkyl halides is 3. The van der Waals surface area contributed by atoms with Crippen LogP contribution in [-0.4, -0.2) is 50.0 Å². The molecule has 0 saturated carbocycles. The first kappa shape index (κ1) is 29.0. The van der Waals surface area contributed by atoms with Gasteiger partial charge in [0, 0.05) is 59.1 Å². The van der Waals surface area contributed by atoms with Crippen LogP contribution >= 0.6 is 11.3 Å². The smallest absolute Gasteiger partial charge is 0.354 e. The van der Waals surface area contributed by atoms with E-state index in [2.05, 4.69) is 67.6 Å². The van der Waals surface area contributed by atoms with Gasteiger partial charge in [0.25, 0.3) is 0 Å². The Balaban J connectivity index is 1.16. The molecular formula is C33H29F3N8S. The summed E-state index contributed by atoms with van der Waals surface area (Å²) < 4.78 is 41.5. The minimum absolute atomic E-state index is 0.0566. The molecule has 0 radical (unpaired) electrons. The molecule has 1 aliphatic heterocycles. The Kier molecular flexibility index (Phi) is 7.51. The minimum atomic E-state index is -4.28. The lowest BCUT2D eigenvalue weighted by molar-refractivity contribution is -0.126. The van der Waals surface area contributed by atoms with Crippen LogP contribution < -0.4 is 10.2 Å². The second-order valence-electron chi connectivity index (χ2n) is 11.4. The molecule has 2 aromatic carbocycles. The molecule has 8 nitrogen and oxygen atoms in total. The molecule has 7 rings (SSSR count). The fraction of sp³-hybridized carbons (Fsp3) is 0.273. The Bertz CT molecular complexity index is 2010. The van der Waals surface area contributed by atoms with Crippen LogP contribution in [0.2, 0.25) is 0 Å². The number of nitrogens with zero attached hydrogens (tertiary/aromatic N) is 6. The Morgan fingerprint density at radius 3 is 2.69 bits per heavy atom. The van der Waals surface area contributed by atoms with Crippen molar-refractivity contribution in [1.29, 1.82) is 5.26 Å². The van der Waals surface area contributed by atoms with E-state index >= 15 is 0 Å². The van der Waals surface area contributed by atoms with E-state index < -0.39 is 12.6 Å². The molecule has 12 heteroatoms. The van der Waals surface area contributed by atoms with Crippen molar-refractivity contribution < 1.29 is 13.2 Å². The van der Waals surface area contributed by atoms with Gasteiger partial charge >= 0.3 is 6.18 Å². The predicted molar refractivity (Wildman–Crippen MR) is 168 cm³/mol. The van der Waals surface area contributed by atoms with Gasteiger partial charge in [0.05, 0.1) is 24.5 Å². The predicted octanol–water partition coefficient (Wildman–Crippen LogP) is 6.46. The molecule has 228 valence electrons. The Hall–Kier alpha value is -4.73. The van der Waals surface area contributed by atoms with Gasteiger partial charge < -0.3 is 14.8 Å². The van der Waals surface area contributed by atoms with Crippen molar-refractivity contribution in [2.24, 2.45) is 0 Å². The number of nitrogens with one attached hydrogen (secondary N) is 2. The molecule has 5 heterocycles. The highest BCUT2D eigenvalue weighted by molar-refractivity contribution is 7.18. The van der Waals surface area contributed by atoms with Gasteiger partial charge in [-0.15, -0.1) is 11.3 Å². The fourth-order valence-corrected chi connectivity index (χ4v) is 7.44. The maximum atomic E-state index is 13.1. The van der Waals surface area contributed by atoms with Crippen molar-refractivity contribution in [3.63, 3.8) is 0 Å². The van der Waals surface area contributed by atoms with Gasteiger partial charge in [0.1, 0.15) is 28.7 Å². The summed E-state index contributed by atoms with van der Waals surface area (Å²) in [4.78, 5) is 11.8. The van der Waals surface area contributed by atoms with Crippen LogP contribution in [0, 0.1) is 18.3 Å². The van der Waals surface area contributed by atoms with Crippen molar-refractivity contribution >= 4 is 38.3 Å². The Morgan fingerprint density at radius 1 is 1.09 bits per heavy atom. The molecule has 0 amide bonds. The molecule has 2 unspecified atom stereocenters. The Labute approximate surface area is 261 Å². The number of aromatic amines is 1. The van der Waals surface area contributed by atoms with Gasteiger partial charge in [0.15, 0.2) is 0 Å². The molecule has 6 aromatic rings. The van der Waals surface area contributed by atoms with E-state index in [-0.39, 0.29) is 16.8 Å². The number of thiophene rings is 1. The van der Waals surface area contributed by atoms with Gasteiger partial charge in [-0.05, 0) is 41.8 Å². The molecule has 45 heavy (non-hydrogen) atoms. The van der Waals surface area contributed by atoms with Gasteiger partial charge in [0.2, 0.25) is 0 Å². The number of H-pyrrole nitrogens is 1. The zero-order valence-electron chi connectivity index (χ0n) is 24.3. The van der Waals surface area contributed by atoms with E-state index in [4.69, 9.17) is 0 Å². The second kappa shape index (κ2) is 11.6. The second-order valence-corrected chi connectivity index (χ2v) is 12.6. The molecule has 1 aliphatic rings. The summed E-state index contributed by atoms with van der Waals surface area (Å²) in [6.07, 6.45) is -0.223. The number of fused-ring (bicyclic) bond motifs is 2. The van der Waals surface area contributed by atoms with Crippen LogP contribution in [-0.2, 0) is 19.5 Å². The molecule has 1 saturated heterocycles. The third kappa shape index (κ3) is 5.77. The summed E-state index contributed by atoms with van der Waals surface area (Å²) >= 11 is 1.07. The molecule has 2 N–H and O–H groups in total. The fourth-order valence-electron chi connectivity index (χ4n) is 6.41. The zero-order valence-corrected chi connectivity index (χ0v) is 25.2. The first-order chi connectivity index (χ1) is 21.8. The van der Waals surface area contributed by atoms with E-state index in [0.29, 0.717) is 47.9 Å². The molecule has 0 aliphatic carbocycles. The monoisotopic (exact) mass is 626 g/mol. The number of nitriles is 1. The average molecular weight is 627 g/mol. The quantitative estimate of drug-likeness (QED) is 0.201.